The van der Waals surface area contributed by atoms with Gasteiger partial charge in [0.1, 0.15) is 5.82 Å². The van der Waals surface area contributed by atoms with Crippen molar-refractivity contribution in [3.63, 3.8) is 0 Å². The summed E-state index contributed by atoms with van der Waals surface area (Å²) >= 11 is 5.75. The zero-order chi connectivity index (χ0) is 13.0. The van der Waals surface area contributed by atoms with E-state index in [9.17, 15) is 4.39 Å². The fourth-order valence-electron chi connectivity index (χ4n) is 2.34. The molecule has 1 saturated heterocycles. The van der Waals surface area contributed by atoms with Crippen molar-refractivity contribution in [2.45, 2.75) is 19.4 Å². The summed E-state index contributed by atoms with van der Waals surface area (Å²) in [6.45, 7) is 4.17. The van der Waals surface area contributed by atoms with E-state index in [0.717, 1.165) is 24.6 Å². The number of rotatable bonds is 4. The Kier molecular flexibility index (Phi) is 4.98. The van der Waals surface area contributed by atoms with Crippen LogP contribution in [0.25, 0.3) is 0 Å². The molecule has 2 rings (SSSR count). The first-order valence-corrected chi connectivity index (χ1v) is 6.86. The first kappa shape index (κ1) is 13.8. The molecule has 0 aliphatic carbocycles. The van der Waals surface area contributed by atoms with Crippen LogP contribution in [0.2, 0.25) is 5.02 Å². The Bertz CT molecular complexity index is 389. The lowest BCUT2D eigenvalue weighted by Gasteiger charge is -2.29. The summed E-state index contributed by atoms with van der Waals surface area (Å²) in [4.78, 5) is 2.37. The van der Waals surface area contributed by atoms with Gasteiger partial charge in [0.15, 0.2) is 0 Å². The molecule has 1 aliphatic heterocycles. The zero-order valence-corrected chi connectivity index (χ0v) is 11.5. The fourth-order valence-corrected chi connectivity index (χ4v) is 2.54. The highest BCUT2D eigenvalue weighted by Crippen LogP contribution is 2.17. The van der Waals surface area contributed by atoms with Crippen molar-refractivity contribution in [2.24, 2.45) is 5.92 Å². The minimum absolute atomic E-state index is 0.202. The van der Waals surface area contributed by atoms with Crippen LogP contribution in [0, 0.1) is 11.7 Å². The van der Waals surface area contributed by atoms with Gasteiger partial charge < -0.3 is 10.2 Å². The second kappa shape index (κ2) is 6.50. The standard InChI is InChI=1S/C14H20ClFN2/c1-18-6-4-11(5-7-18)9-17-10-12-2-3-14(16)13(15)8-12/h2-3,8,11,17H,4-7,9-10H2,1H3. The van der Waals surface area contributed by atoms with Gasteiger partial charge >= 0.3 is 0 Å². The maximum atomic E-state index is 13.0. The van der Waals surface area contributed by atoms with Crippen LogP contribution in [0.5, 0.6) is 0 Å². The Morgan fingerprint density at radius 2 is 2.11 bits per heavy atom. The van der Waals surface area contributed by atoms with Crippen molar-refractivity contribution in [2.75, 3.05) is 26.7 Å². The molecule has 1 N–H and O–H groups in total. The topological polar surface area (TPSA) is 15.3 Å². The largest absolute Gasteiger partial charge is 0.312 e. The smallest absolute Gasteiger partial charge is 0.141 e. The highest BCUT2D eigenvalue weighted by Gasteiger charge is 2.15. The number of benzene rings is 1. The van der Waals surface area contributed by atoms with Crippen LogP contribution in [-0.2, 0) is 6.54 Å². The van der Waals surface area contributed by atoms with Crippen molar-refractivity contribution >= 4 is 11.6 Å². The molecule has 4 heteroatoms. The molecule has 1 heterocycles. The van der Waals surface area contributed by atoms with Crippen molar-refractivity contribution in [1.82, 2.24) is 10.2 Å². The number of hydrogen-bond acceptors (Lipinski definition) is 2. The molecule has 0 atom stereocenters. The molecule has 1 aromatic carbocycles. The quantitative estimate of drug-likeness (QED) is 0.905. The molecule has 0 aromatic heterocycles. The van der Waals surface area contributed by atoms with Gasteiger partial charge in [-0.05, 0) is 63.1 Å². The first-order chi connectivity index (χ1) is 8.65. The summed E-state index contributed by atoms with van der Waals surface area (Å²) < 4.78 is 13.0. The van der Waals surface area contributed by atoms with E-state index >= 15 is 0 Å². The van der Waals surface area contributed by atoms with Gasteiger partial charge in [0.05, 0.1) is 5.02 Å². The number of likely N-dealkylation sites (tertiary alicyclic amines) is 1. The molecule has 2 nitrogen and oxygen atoms in total. The fraction of sp³-hybridized carbons (Fsp3) is 0.571. The van der Waals surface area contributed by atoms with Gasteiger partial charge in [0, 0.05) is 6.54 Å². The Hall–Kier alpha value is -0.640. The Morgan fingerprint density at radius 3 is 2.78 bits per heavy atom. The molecule has 100 valence electrons. The lowest BCUT2D eigenvalue weighted by molar-refractivity contribution is 0.216. The van der Waals surface area contributed by atoms with Crippen molar-refractivity contribution in [3.05, 3.63) is 34.6 Å². The Morgan fingerprint density at radius 1 is 1.39 bits per heavy atom. The third-order valence-corrected chi connectivity index (χ3v) is 3.87. The molecule has 0 unspecified atom stereocenters. The summed E-state index contributed by atoms with van der Waals surface area (Å²) in [6, 6.07) is 4.90. The Labute approximate surface area is 113 Å². The minimum Gasteiger partial charge on any atom is -0.312 e. The molecule has 1 aliphatic rings. The van der Waals surface area contributed by atoms with Gasteiger partial charge in [0.2, 0.25) is 0 Å². The number of hydrogen-bond donors (Lipinski definition) is 1. The van der Waals surface area contributed by atoms with E-state index in [1.807, 2.05) is 0 Å². The van der Waals surface area contributed by atoms with E-state index in [1.165, 1.54) is 32.0 Å². The average molecular weight is 271 g/mol. The number of nitrogens with one attached hydrogen (secondary N) is 1. The van der Waals surface area contributed by atoms with Crippen molar-refractivity contribution in [1.29, 1.82) is 0 Å². The third kappa shape index (κ3) is 3.94. The highest BCUT2D eigenvalue weighted by atomic mass is 35.5. The van der Waals surface area contributed by atoms with E-state index in [0.29, 0.717) is 0 Å². The van der Waals surface area contributed by atoms with Crippen LogP contribution in [-0.4, -0.2) is 31.6 Å². The van der Waals surface area contributed by atoms with E-state index in [2.05, 4.69) is 17.3 Å². The van der Waals surface area contributed by atoms with Crippen LogP contribution >= 0.6 is 11.6 Å². The molecular weight excluding hydrogens is 251 g/mol. The molecule has 1 aromatic rings. The second-order valence-corrected chi connectivity index (χ2v) is 5.53. The summed E-state index contributed by atoms with van der Waals surface area (Å²) in [6.07, 6.45) is 2.52. The van der Waals surface area contributed by atoms with E-state index in [4.69, 9.17) is 11.6 Å². The van der Waals surface area contributed by atoms with Gasteiger partial charge in [-0.3, -0.25) is 0 Å². The van der Waals surface area contributed by atoms with E-state index in [1.54, 1.807) is 12.1 Å². The normalized spacial score (nSPS) is 18.2. The maximum Gasteiger partial charge on any atom is 0.141 e. The summed E-state index contributed by atoms with van der Waals surface area (Å²) in [7, 11) is 2.17. The molecule has 0 bridgehead atoms. The van der Waals surface area contributed by atoms with Crippen LogP contribution in [0.4, 0.5) is 4.39 Å². The van der Waals surface area contributed by atoms with Gasteiger partial charge in [-0.2, -0.15) is 0 Å². The predicted octanol–water partition coefficient (Wildman–Crippen LogP) is 2.91. The molecular formula is C14H20ClFN2. The molecule has 0 spiro atoms. The summed E-state index contributed by atoms with van der Waals surface area (Å²) in [5, 5.41) is 3.64. The number of piperidine rings is 1. The lowest BCUT2D eigenvalue weighted by atomic mass is 9.97. The summed E-state index contributed by atoms with van der Waals surface area (Å²) in [5.74, 6) is 0.410. The van der Waals surface area contributed by atoms with Gasteiger partial charge in [-0.15, -0.1) is 0 Å². The van der Waals surface area contributed by atoms with Crippen molar-refractivity contribution < 1.29 is 4.39 Å². The maximum absolute atomic E-state index is 13.0. The Balaban J connectivity index is 1.73. The minimum atomic E-state index is -0.351. The molecule has 0 amide bonds. The van der Waals surface area contributed by atoms with Gasteiger partial charge in [-0.25, -0.2) is 4.39 Å². The average Bonchev–Trinajstić information content (AvgIpc) is 2.36. The first-order valence-electron chi connectivity index (χ1n) is 6.48. The predicted molar refractivity (Wildman–Crippen MR) is 73.3 cm³/mol. The SMILES string of the molecule is CN1CCC(CNCc2ccc(F)c(Cl)c2)CC1. The molecule has 0 saturated carbocycles. The van der Waals surface area contributed by atoms with Gasteiger partial charge in [-0.1, -0.05) is 17.7 Å². The van der Waals surface area contributed by atoms with E-state index in [-0.39, 0.29) is 10.8 Å². The molecule has 18 heavy (non-hydrogen) atoms. The monoisotopic (exact) mass is 270 g/mol. The van der Waals surface area contributed by atoms with Crippen LogP contribution < -0.4 is 5.32 Å². The molecule has 0 radical (unpaired) electrons. The highest BCUT2D eigenvalue weighted by molar-refractivity contribution is 6.30. The van der Waals surface area contributed by atoms with Crippen LogP contribution in [0.15, 0.2) is 18.2 Å². The molecule has 1 fully saturated rings. The van der Waals surface area contributed by atoms with Crippen molar-refractivity contribution in [3.8, 4) is 0 Å². The third-order valence-electron chi connectivity index (χ3n) is 3.58. The zero-order valence-electron chi connectivity index (χ0n) is 10.8. The second-order valence-electron chi connectivity index (χ2n) is 5.13. The van der Waals surface area contributed by atoms with E-state index < -0.39 is 0 Å². The van der Waals surface area contributed by atoms with Gasteiger partial charge in [0.25, 0.3) is 0 Å². The lowest BCUT2D eigenvalue weighted by Crippen LogP contribution is -2.34. The summed E-state index contributed by atoms with van der Waals surface area (Å²) in [5.41, 5.74) is 1.04. The van der Waals surface area contributed by atoms with Crippen LogP contribution in [0.1, 0.15) is 18.4 Å². The van der Waals surface area contributed by atoms with Crippen LogP contribution in [0.3, 0.4) is 0 Å². The number of halogens is 2. The number of nitrogens with zero attached hydrogens (tertiary/aromatic N) is 1.